The normalized spacial score (nSPS) is 21.0. The Morgan fingerprint density at radius 1 is 1.15 bits per heavy atom. The van der Waals surface area contributed by atoms with Crippen molar-refractivity contribution in [2.24, 2.45) is 17.8 Å². The average Bonchev–Trinajstić information content (AvgIpc) is 2.38. The number of nitrogens with zero attached hydrogens (tertiary/aromatic N) is 1. The summed E-state index contributed by atoms with van der Waals surface area (Å²) in [5, 5.41) is 3.61. The SMILES string of the molecule is CC(C)CCOCCN1CCCC(CNCC(C)C)C1. The van der Waals surface area contributed by atoms with Gasteiger partial charge in [0.05, 0.1) is 6.61 Å². The van der Waals surface area contributed by atoms with E-state index in [2.05, 4.69) is 37.9 Å². The molecule has 0 amide bonds. The number of nitrogens with one attached hydrogen (secondary N) is 1. The molecular formula is C17H36N2O. The van der Waals surface area contributed by atoms with Gasteiger partial charge in [0, 0.05) is 19.7 Å². The maximum absolute atomic E-state index is 5.74. The molecule has 0 bridgehead atoms. The maximum atomic E-state index is 5.74. The van der Waals surface area contributed by atoms with Crippen molar-refractivity contribution in [1.29, 1.82) is 0 Å². The van der Waals surface area contributed by atoms with Crippen LogP contribution in [-0.2, 0) is 4.74 Å². The van der Waals surface area contributed by atoms with E-state index in [9.17, 15) is 0 Å². The van der Waals surface area contributed by atoms with Gasteiger partial charge in [-0.3, -0.25) is 0 Å². The molecular weight excluding hydrogens is 248 g/mol. The van der Waals surface area contributed by atoms with Crippen molar-refractivity contribution in [3.63, 3.8) is 0 Å². The fourth-order valence-corrected chi connectivity index (χ4v) is 2.71. The van der Waals surface area contributed by atoms with Gasteiger partial charge in [-0.25, -0.2) is 0 Å². The Morgan fingerprint density at radius 2 is 1.95 bits per heavy atom. The molecule has 0 aromatic rings. The zero-order chi connectivity index (χ0) is 14.8. The van der Waals surface area contributed by atoms with Crippen LogP contribution >= 0.6 is 0 Å². The molecule has 1 aliphatic heterocycles. The van der Waals surface area contributed by atoms with Crippen LogP contribution in [0.15, 0.2) is 0 Å². The van der Waals surface area contributed by atoms with Crippen molar-refractivity contribution >= 4 is 0 Å². The van der Waals surface area contributed by atoms with Crippen LogP contribution in [0.3, 0.4) is 0 Å². The minimum absolute atomic E-state index is 0.751. The van der Waals surface area contributed by atoms with E-state index in [1.165, 1.54) is 38.9 Å². The lowest BCUT2D eigenvalue weighted by molar-refractivity contribution is 0.0792. The molecule has 0 aliphatic carbocycles. The first-order valence-electron chi connectivity index (χ1n) is 8.58. The van der Waals surface area contributed by atoms with Crippen LogP contribution in [0.4, 0.5) is 0 Å². The Bertz CT molecular complexity index is 231. The van der Waals surface area contributed by atoms with Crippen molar-refractivity contribution in [2.75, 3.05) is 45.9 Å². The van der Waals surface area contributed by atoms with Crippen LogP contribution in [0.5, 0.6) is 0 Å². The molecule has 1 unspecified atom stereocenters. The molecule has 0 saturated carbocycles. The molecule has 0 spiro atoms. The van der Waals surface area contributed by atoms with Crippen molar-refractivity contribution in [3.8, 4) is 0 Å². The summed E-state index contributed by atoms with van der Waals surface area (Å²) < 4.78 is 5.74. The van der Waals surface area contributed by atoms with Crippen molar-refractivity contribution in [2.45, 2.75) is 47.0 Å². The highest BCUT2D eigenvalue weighted by Gasteiger charge is 2.19. The Balaban J connectivity index is 2.05. The molecule has 20 heavy (non-hydrogen) atoms. The summed E-state index contributed by atoms with van der Waals surface area (Å²) in [5.41, 5.74) is 0. The summed E-state index contributed by atoms with van der Waals surface area (Å²) in [6.07, 6.45) is 3.91. The zero-order valence-corrected chi connectivity index (χ0v) is 14.2. The highest BCUT2D eigenvalue weighted by molar-refractivity contribution is 4.74. The van der Waals surface area contributed by atoms with Crippen LogP contribution in [0, 0.1) is 17.8 Å². The van der Waals surface area contributed by atoms with Gasteiger partial charge in [-0.15, -0.1) is 0 Å². The Labute approximate surface area is 126 Å². The van der Waals surface area contributed by atoms with Crippen LogP contribution < -0.4 is 5.32 Å². The highest BCUT2D eigenvalue weighted by Crippen LogP contribution is 2.15. The van der Waals surface area contributed by atoms with Gasteiger partial charge in [-0.1, -0.05) is 27.7 Å². The van der Waals surface area contributed by atoms with Gasteiger partial charge in [0.15, 0.2) is 0 Å². The van der Waals surface area contributed by atoms with E-state index in [1.54, 1.807) is 0 Å². The molecule has 120 valence electrons. The third-order valence-corrected chi connectivity index (χ3v) is 3.98. The number of rotatable bonds is 10. The minimum Gasteiger partial charge on any atom is -0.380 e. The molecule has 0 aromatic carbocycles. The van der Waals surface area contributed by atoms with Crippen molar-refractivity contribution in [1.82, 2.24) is 10.2 Å². The summed E-state index contributed by atoms with van der Waals surface area (Å²) >= 11 is 0. The molecule has 3 nitrogen and oxygen atoms in total. The second-order valence-corrected chi connectivity index (χ2v) is 7.16. The predicted molar refractivity (Wildman–Crippen MR) is 87.1 cm³/mol. The molecule has 1 aliphatic rings. The molecule has 1 fully saturated rings. The predicted octanol–water partition coefficient (Wildman–Crippen LogP) is 3.01. The molecule has 1 heterocycles. The molecule has 1 N–H and O–H groups in total. The van der Waals surface area contributed by atoms with E-state index in [0.29, 0.717) is 0 Å². The van der Waals surface area contributed by atoms with Crippen molar-refractivity contribution < 1.29 is 4.74 Å². The van der Waals surface area contributed by atoms with E-state index in [0.717, 1.165) is 44.1 Å². The van der Waals surface area contributed by atoms with E-state index < -0.39 is 0 Å². The largest absolute Gasteiger partial charge is 0.380 e. The van der Waals surface area contributed by atoms with E-state index >= 15 is 0 Å². The first-order chi connectivity index (χ1) is 9.58. The van der Waals surface area contributed by atoms with Gasteiger partial charge in [0.2, 0.25) is 0 Å². The lowest BCUT2D eigenvalue weighted by atomic mass is 9.98. The summed E-state index contributed by atoms with van der Waals surface area (Å²) in [7, 11) is 0. The highest BCUT2D eigenvalue weighted by atomic mass is 16.5. The lowest BCUT2D eigenvalue weighted by Gasteiger charge is -2.33. The van der Waals surface area contributed by atoms with Gasteiger partial charge >= 0.3 is 0 Å². The number of hydrogen-bond acceptors (Lipinski definition) is 3. The summed E-state index contributed by atoms with van der Waals surface area (Å²) in [6, 6.07) is 0. The van der Waals surface area contributed by atoms with Crippen LogP contribution in [0.25, 0.3) is 0 Å². The van der Waals surface area contributed by atoms with E-state index in [4.69, 9.17) is 4.74 Å². The van der Waals surface area contributed by atoms with Crippen LogP contribution in [0.1, 0.15) is 47.0 Å². The van der Waals surface area contributed by atoms with Crippen molar-refractivity contribution in [3.05, 3.63) is 0 Å². The average molecular weight is 284 g/mol. The van der Waals surface area contributed by atoms with Crippen LogP contribution in [-0.4, -0.2) is 50.8 Å². The minimum atomic E-state index is 0.751. The second kappa shape index (κ2) is 10.6. The Kier molecular flexibility index (Phi) is 9.49. The Morgan fingerprint density at radius 3 is 2.65 bits per heavy atom. The van der Waals surface area contributed by atoms with Gasteiger partial charge in [-0.05, 0) is 56.7 Å². The molecule has 0 radical (unpaired) electrons. The number of piperidine rings is 1. The number of ether oxygens (including phenoxy) is 1. The fourth-order valence-electron chi connectivity index (χ4n) is 2.71. The molecule has 1 atom stereocenters. The maximum Gasteiger partial charge on any atom is 0.0593 e. The summed E-state index contributed by atoms with van der Waals surface area (Å²) in [4.78, 5) is 2.58. The number of hydrogen-bond donors (Lipinski definition) is 1. The third-order valence-electron chi connectivity index (χ3n) is 3.98. The van der Waals surface area contributed by atoms with E-state index in [1.807, 2.05) is 0 Å². The third kappa shape index (κ3) is 8.93. The Hall–Kier alpha value is -0.120. The van der Waals surface area contributed by atoms with Gasteiger partial charge < -0.3 is 15.0 Å². The van der Waals surface area contributed by atoms with Crippen LogP contribution in [0.2, 0.25) is 0 Å². The van der Waals surface area contributed by atoms with Gasteiger partial charge in [-0.2, -0.15) is 0 Å². The topological polar surface area (TPSA) is 24.5 Å². The molecule has 0 aromatic heterocycles. The summed E-state index contributed by atoms with van der Waals surface area (Å²) in [5.74, 6) is 2.34. The molecule has 1 rings (SSSR count). The smallest absolute Gasteiger partial charge is 0.0593 e. The monoisotopic (exact) mass is 284 g/mol. The number of likely N-dealkylation sites (tertiary alicyclic amines) is 1. The van der Waals surface area contributed by atoms with Gasteiger partial charge in [0.1, 0.15) is 0 Å². The summed E-state index contributed by atoms with van der Waals surface area (Å²) in [6.45, 7) is 16.8. The standard InChI is InChI=1S/C17H36N2O/c1-15(2)7-10-20-11-9-19-8-5-6-17(14-19)13-18-12-16(3)4/h15-18H,5-14H2,1-4H3. The second-order valence-electron chi connectivity index (χ2n) is 7.16. The fraction of sp³-hybridized carbons (Fsp3) is 1.00. The first-order valence-corrected chi connectivity index (χ1v) is 8.58. The molecule has 3 heteroatoms. The van der Waals surface area contributed by atoms with Gasteiger partial charge in [0.25, 0.3) is 0 Å². The van der Waals surface area contributed by atoms with E-state index in [-0.39, 0.29) is 0 Å². The quantitative estimate of drug-likeness (QED) is 0.624. The molecule has 1 saturated heterocycles. The lowest BCUT2D eigenvalue weighted by Crippen LogP contribution is -2.41. The zero-order valence-electron chi connectivity index (χ0n) is 14.2. The first kappa shape index (κ1) is 17.9.